The van der Waals surface area contributed by atoms with Gasteiger partial charge in [0.25, 0.3) is 0 Å². The van der Waals surface area contributed by atoms with Gasteiger partial charge in [0.1, 0.15) is 0 Å². The summed E-state index contributed by atoms with van der Waals surface area (Å²) in [7, 11) is 1.89. The summed E-state index contributed by atoms with van der Waals surface area (Å²) in [5.41, 5.74) is 0. The Hall–Kier alpha value is -0.160. The van der Waals surface area contributed by atoms with Crippen LogP contribution in [-0.4, -0.2) is 113 Å². The first-order chi connectivity index (χ1) is 11.8. The third kappa shape index (κ3) is 6.82. The normalized spacial score (nSPS) is 26.5. The highest BCUT2D eigenvalue weighted by atomic mass is 127. The first-order valence-corrected chi connectivity index (χ1v) is 9.41. The maximum Gasteiger partial charge on any atom is 0.193 e. The van der Waals surface area contributed by atoms with Gasteiger partial charge in [-0.3, -0.25) is 14.8 Å². The quantitative estimate of drug-likeness (QED) is 0.354. The van der Waals surface area contributed by atoms with Crippen LogP contribution in [0.4, 0.5) is 0 Å². The number of hydrogen-bond donors (Lipinski definition) is 1. The van der Waals surface area contributed by atoms with Crippen molar-refractivity contribution in [1.29, 1.82) is 0 Å². The Balaban J connectivity index is 0.00000225. The highest BCUT2D eigenvalue weighted by Crippen LogP contribution is 2.15. The van der Waals surface area contributed by atoms with Crippen molar-refractivity contribution < 1.29 is 9.47 Å². The molecule has 0 spiro atoms. The molecule has 3 rings (SSSR count). The van der Waals surface area contributed by atoms with Crippen molar-refractivity contribution >= 4 is 29.9 Å². The Morgan fingerprint density at radius 2 is 1.76 bits per heavy atom. The topological polar surface area (TPSA) is 52.6 Å². The number of rotatable bonds is 5. The molecule has 0 aliphatic carbocycles. The predicted octanol–water partition coefficient (Wildman–Crippen LogP) is 0.166. The molecule has 1 atom stereocenters. The van der Waals surface area contributed by atoms with Gasteiger partial charge in [0.15, 0.2) is 5.96 Å². The minimum absolute atomic E-state index is 0. The minimum atomic E-state index is 0. The van der Waals surface area contributed by atoms with Crippen LogP contribution in [-0.2, 0) is 9.47 Å². The number of aliphatic imine (C=N–C) groups is 1. The zero-order chi connectivity index (χ0) is 16.6. The molecule has 0 saturated carbocycles. The first kappa shape index (κ1) is 21.1. The number of morpholine rings is 1. The number of nitrogens with zero attached hydrogens (tertiary/aromatic N) is 4. The standard InChI is InChI=1S/C17H33N5O2.HI/c1-18-17(19-3-4-20-9-12-23-13-10-20)22-7-5-21(6-8-22)14-16-2-11-24-15-16;/h16H,2-15H2,1H3,(H,18,19);1H. The molecule has 8 heteroatoms. The molecule has 0 aromatic carbocycles. The molecule has 3 heterocycles. The number of piperazine rings is 1. The molecule has 0 bridgehead atoms. The average Bonchev–Trinajstić information content (AvgIpc) is 3.14. The van der Waals surface area contributed by atoms with Gasteiger partial charge in [0.2, 0.25) is 0 Å². The van der Waals surface area contributed by atoms with Crippen LogP contribution in [0.5, 0.6) is 0 Å². The zero-order valence-corrected chi connectivity index (χ0v) is 17.8. The highest BCUT2D eigenvalue weighted by molar-refractivity contribution is 14.0. The van der Waals surface area contributed by atoms with E-state index in [1.54, 1.807) is 0 Å². The number of hydrogen-bond acceptors (Lipinski definition) is 5. The summed E-state index contributed by atoms with van der Waals surface area (Å²) >= 11 is 0. The molecule has 3 saturated heterocycles. The molecule has 25 heavy (non-hydrogen) atoms. The van der Waals surface area contributed by atoms with E-state index in [4.69, 9.17) is 9.47 Å². The van der Waals surface area contributed by atoms with E-state index in [0.717, 1.165) is 90.7 Å². The number of guanidine groups is 1. The molecular weight excluding hydrogens is 433 g/mol. The van der Waals surface area contributed by atoms with Crippen LogP contribution in [0, 0.1) is 5.92 Å². The fourth-order valence-corrected chi connectivity index (χ4v) is 3.72. The first-order valence-electron chi connectivity index (χ1n) is 9.41. The summed E-state index contributed by atoms with van der Waals surface area (Å²) in [5, 5.41) is 3.53. The van der Waals surface area contributed by atoms with Crippen LogP contribution in [0.15, 0.2) is 4.99 Å². The van der Waals surface area contributed by atoms with Crippen molar-refractivity contribution in [2.24, 2.45) is 10.9 Å². The van der Waals surface area contributed by atoms with Crippen molar-refractivity contribution in [3.05, 3.63) is 0 Å². The number of nitrogens with one attached hydrogen (secondary N) is 1. The fourth-order valence-electron chi connectivity index (χ4n) is 3.72. The monoisotopic (exact) mass is 467 g/mol. The number of ether oxygens (including phenoxy) is 2. The maximum atomic E-state index is 5.49. The van der Waals surface area contributed by atoms with Crippen molar-refractivity contribution in [2.45, 2.75) is 6.42 Å². The average molecular weight is 467 g/mol. The van der Waals surface area contributed by atoms with Crippen LogP contribution in [0.2, 0.25) is 0 Å². The lowest BCUT2D eigenvalue weighted by molar-refractivity contribution is 0.0388. The minimum Gasteiger partial charge on any atom is -0.381 e. The molecule has 0 aromatic rings. The van der Waals surface area contributed by atoms with Gasteiger partial charge in [0, 0.05) is 72.6 Å². The molecule has 3 aliphatic heterocycles. The van der Waals surface area contributed by atoms with Gasteiger partial charge < -0.3 is 19.7 Å². The van der Waals surface area contributed by atoms with Crippen LogP contribution in [0.3, 0.4) is 0 Å². The lowest BCUT2D eigenvalue weighted by atomic mass is 10.1. The van der Waals surface area contributed by atoms with E-state index in [-0.39, 0.29) is 24.0 Å². The van der Waals surface area contributed by atoms with Gasteiger partial charge >= 0.3 is 0 Å². The third-order valence-corrected chi connectivity index (χ3v) is 5.24. The Morgan fingerprint density at radius 3 is 2.40 bits per heavy atom. The van der Waals surface area contributed by atoms with Gasteiger partial charge in [-0.2, -0.15) is 0 Å². The Morgan fingerprint density at radius 1 is 1.00 bits per heavy atom. The second-order valence-electron chi connectivity index (χ2n) is 6.95. The molecule has 7 nitrogen and oxygen atoms in total. The van der Waals surface area contributed by atoms with Crippen molar-refractivity contribution in [3.8, 4) is 0 Å². The van der Waals surface area contributed by atoms with Crippen molar-refractivity contribution in [1.82, 2.24) is 20.0 Å². The summed E-state index contributed by atoms with van der Waals surface area (Å²) in [6.07, 6.45) is 1.23. The van der Waals surface area contributed by atoms with E-state index in [9.17, 15) is 0 Å². The molecule has 1 unspecified atom stereocenters. The van der Waals surface area contributed by atoms with E-state index >= 15 is 0 Å². The Bertz CT molecular complexity index is 392. The summed E-state index contributed by atoms with van der Waals surface area (Å²) in [6.45, 7) is 13.3. The molecule has 0 aromatic heterocycles. The van der Waals surface area contributed by atoms with E-state index in [1.807, 2.05) is 7.05 Å². The van der Waals surface area contributed by atoms with Crippen molar-refractivity contribution in [2.75, 3.05) is 92.4 Å². The summed E-state index contributed by atoms with van der Waals surface area (Å²) in [4.78, 5) is 11.9. The molecule has 3 aliphatic rings. The van der Waals surface area contributed by atoms with E-state index in [1.165, 1.54) is 13.0 Å². The van der Waals surface area contributed by atoms with Crippen LogP contribution in [0.1, 0.15) is 6.42 Å². The van der Waals surface area contributed by atoms with Crippen LogP contribution in [0.25, 0.3) is 0 Å². The van der Waals surface area contributed by atoms with E-state index in [2.05, 4.69) is 25.0 Å². The molecular formula is C17H34IN5O2. The van der Waals surface area contributed by atoms with E-state index in [0.29, 0.717) is 0 Å². The van der Waals surface area contributed by atoms with Gasteiger partial charge in [-0.25, -0.2) is 0 Å². The number of halogens is 1. The second kappa shape index (κ2) is 11.5. The summed E-state index contributed by atoms with van der Waals surface area (Å²) < 4.78 is 10.9. The highest BCUT2D eigenvalue weighted by Gasteiger charge is 2.24. The van der Waals surface area contributed by atoms with Crippen molar-refractivity contribution in [3.63, 3.8) is 0 Å². The lowest BCUT2D eigenvalue weighted by Crippen LogP contribution is -2.54. The van der Waals surface area contributed by atoms with Crippen LogP contribution < -0.4 is 5.32 Å². The Labute approximate surface area is 169 Å². The van der Waals surface area contributed by atoms with Gasteiger partial charge in [-0.05, 0) is 12.3 Å². The third-order valence-electron chi connectivity index (χ3n) is 5.24. The van der Waals surface area contributed by atoms with Gasteiger partial charge in [-0.1, -0.05) is 0 Å². The molecule has 0 amide bonds. The predicted molar refractivity (Wildman–Crippen MR) is 111 cm³/mol. The summed E-state index contributed by atoms with van der Waals surface area (Å²) in [5.74, 6) is 1.79. The van der Waals surface area contributed by atoms with E-state index < -0.39 is 0 Å². The molecule has 0 radical (unpaired) electrons. The lowest BCUT2D eigenvalue weighted by Gasteiger charge is -2.37. The molecule has 3 fully saturated rings. The second-order valence-corrected chi connectivity index (χ2v) is 6.95. The van der Waals surface area contributed by atoms with Crippen LogP contribution >= 0.6 is 24.0 Å². The molecule has 146 valence electrons. The Kier molecular flexibility index (Phi) is 9.75. The largest absolute Gasteiger partial charge is 0.381 e. The fraction of sp³-hybridized carbons (Fsp3) is 0.941. The maximum absolute atomic E-state index is 5.49. The summed E-state index contributed by atoms with van der Waals surface area (Å²) in [6, 6.07) is 0. The van der Waals surface area contributed by atoms with Gasteiger partial charge in [0.05, 0.1) is 19.8 Å². The SMILES string of the molecule is CN=C(NCCN1CCOCC1)N1CCN(CC2CCOC2)CC1.I. The zero-order valence-electron chi connectivity index (χ0n) is 15.5. The molecule has 1 N–H and O–H groups in total. The van der Waals surface area contributed by atoms with Gasteiger partial charge in [-0.15, -0.1) is 24.0 Å². The smallest absolute Gasteiger partial charge is 0.193 e.